The van der Waals surface area contributed by atoms with Crippen molar-refractivity contribution in [1.29, 1.82) is 0 Å². The number of carbonyl (C=O) groups excluding carboxylic acids is 1. The summed E-state index contributed by atoms with van der Waals surface area (Å²) in [7, 11) is 0. The summed E-state index contributed by atoms with van der Waals surface area (Å²) in [6.45, 7) is 14.0. The third kappa shape index (κ3) is 4.52. The van der Waals surface area contributed by atoms with Crippen LogP contribution in [0.25, 0.3) is 0 Å². The Balaban J connectivity index is 1.52. The van der Waals surface area contributed by atoms with Crippen molar-refractivity contribution in [3.05, 3.63) is 17.0 Å². The summed E-state index contributed by atoms with van der Waals surface area (Å²) in [5.41, 5.74) is 3.34. The molecule has 2 saturated heterocycles. The highest BCUT2D eigenvalue weighted by atomic mass is 32.2. The van der Waals surface area contributed by atoms with Gasteiger partial charge in [0.2, 0.25) is 0 Å². The third-order valence-electron chi connectivity index (χ3n) is 6.85. The zero-order chi connectivity index (χ0) is 20.4. The second kappa shape index (κ2) is 9.40. The number of hydrogen-bond donors (Lipinski definition) is 0. The van der Waals surface area contributed by atoms with Gasteiger partial charge in [-0.2, -0.15) is 16.9 Å². The summed E-state index contributed by atoms with van der Waals surface area (Å²) >= 11 is 1.94. The first kappa shape index (κ1) is 21.2. The Bertz CT molecular complexity index is 704. The van der Waals surface area contributed by atoms with Gasteiger partial charge in [-0.25, -0.2) is 0 Å². The van der Waals surface area contributed by atoms with E-state index in [-0.39, 0.29) is 5.91 Å². The average molecular weight is 420 g/mol. The quantitative estimate of drug-likeness (QED) is 0.733. The Hall–Kier alpha value is -1.05. The minimum atomic E-state index is 0.168. The van der Waals surface area contributed by atoms with E-state index in [2.05, 4.69) is 35.3 Å². The molecule has 1 unspecified atom stereocenters. The number of nitrogens with zero attached hydrogens (tertiary/aromatic N) is 5. The number of piperazine rings is 1. The summed E-state index contributed by atoms with van der Waals surface area (Å²) < 4.78 is 2.15. The predicted molar refractivity (Wildman–Crippen MR) is 120 cm³/mol. The fraction of sp³-hybridized carbons (Fsp3) is 0.818. The molecule has 1 aliphatic carbocycles. The summed E-state index contributed by atoms with van der Waals surface area (Å²) in [4.78, 5) is 20.6. The molecule has 0 spiro atoms. The first-order valence-electron chi connectivity index (χ1n) is 11.5. The summed E-state index contributed by atoms with van der Waals surface area (Å²) in [6.07, 6.45) is 4.30. The Kier molecular flexibility index (Phi) is 6.87. The average Bonchev–Trinajstić information content (AvgIpc) is 3.12. The molecule has 3 heterocycles. The standard InChI is InChI=1S/C22H37N5OS/c1-4-7-27-20-6-5-18(25-10-8-24(9-11-25)17(2)3)16-19(20)21(23-27)22(28)26-12-14-29-15-13-26/h17-18H,4-16H2,1-3H3. The van der Waals surface area contributed by atoms with E-state index in [9.17, 15) is 4.79 Å². The number of rotatable bonds is 5. The molecule has 29 heavy (non-hydrogen) atoms. The molecule has 6 nitrogen and oxygen atoms in total. The van der Waals surface area contributed by atoms with E-state index in [1.165, 1.54) is 17.7 Å². The topological polar surface area (TPSA) is 44.6 Å². The minimum Gasteiger partial charge on any atom is -0.336 e. The van der Waals surface area contributed by atoms with Crippen molar-refractivity contribution in [3.63, 3.8) is 0 Å². The van der Waals surface area contributed by atoms with Gasteiger partial charge in [0.15, 0.2) is 5.69 Å². The molecule has 1 aromatic heterocycles. The second-order valence-corrected chi connectivity index (χ2v) is 10.2. The molecule has 1 amide bonds. The van der Waals surface area contributed by atoms with E-state index in [4.69, 9.17) is 5.10 Å². The van der Waals surface area contributed by atoms with Crippen LogP contribution >= 0.6 is 11.8 Å². The third-order valence-corrected chi connectivity index (χ3v) is 7.79. The van der Waals surface area contributed by atoms with Crippen molar-refractivity contribution in [2.45, 2.75) is 65.1 Å². The maximum atomic E-state index is 13.3. The van der Waals surface area contributed by atoms with Gasteiger partial charge in [-0.05, 0) is 39.5 Å². The van der Waals surface area contributed by atoms with Crippen LogP contribution < -0.4 is 0 Å². The van der Waals surface area contributed by atoms with E-state index in [1.54, 1.807) is 0 Å². The van der Waals surface area contributed by atoms with Gasteiger partial charge in [0.25, 0.3) is 5.91 Å². The summed E-state index contributed by atoms with van der Waals surface area (Å²) in [5.74, 6) is 2.26. The molecule has 4 rings (SSSR count). The molecule has 1 atom stereocenters. The van der Waals surface area contributed by atoms with Gasteiger partial charge in [-0.15, -0.1) is 0 Å². The number of fused-ring (bicyclic) bond motifs is 1. The van der Waals surface area contributed by atoms with Gasteiger partial charge in [0, 0.05) is 80.7 Å². The fourth-order valence-electron chi connectivity index (χ4n) is 5.08. The molecule has 0 radical (unpaired) electrons. The zero-order valence-corrected chi connectivity index (χ0v) is 19.2. The number of carbonyl (C=O) groups is 1. The lowest BCUT2D eigenvalue weighted by Crippen LogP contribution is -2.53. The molecule has 0 saturated carbocycles. The molecular weight excluding hydrogens is 382 g/mol. The van der Waals surface area contributed by atoms with Crippen molar-refractivity contribution >= 4 is 17.7 Å². The Morgan fingerprint density at radius 3 is 2.52 bits per heavy atom. The lowest BCUT2D eigenvalue weighted by molar-refractivity contribution is 0.0715. The SMILES string of the molecule is CCCn1nc(C(=O)N2CCSCC2)c2c1CCC(N1CCN(C(C)C)CC1)C2. The molecule has 0 aromatic carbocycles. The van der Waals surface area contributed by atoms with E-state index >= 15 is 0 Å². The van der Waals surface area contributed by atoms with Crippen molar-refractivity contribution < 1.29 is 4.79 Å². The smallest absolute Gasteiger partial charge is 0.274 e. The first-order valence-corrected chi connectivity index (χ1v) is 12.7. The van der Waals surface area contributed by atoms with Crippen molar-refractivity contribution in [1.82, 2.24) is 24.5 Å². The first-order chi connectivity index (χ1) is 14.1. The van der Waals surface area contributed by atoms with E-state index < -0.39 is 0 Å². The van der Waals surface area contributed by atoms with Gasteiger partial charge >= 0.3 is 0 Å². The lowest BCUT2D eigenvalue weighted by atomic mass is 9.89. The highest BCUT2D eigenvalue weighted by Crippen LogP contribution is 2.29. The van der Waals surface area contributed by atoms with Crippen molar-refractivity contribution in [2.75, 3.05) is 50.8 Å². The van der Waals surface area contributed by atoms with Crippen molar-refractivity contribution in [2.24, 2.45) is 0 Å². The van der Waals surface area contributed by atoms with Crippen LogP contribution in [0.4, 0.5) is 0 Å². The molecule has 2 aliphatic heterocycles. The van der Waals surface area contributed by atoms with Crippen LogP contribution in [0.1, 0.15) is 55.4 Å². The van der Waals surface area contributed by atoms with Crippen LogP contribution in [-0.4, -0.2) is 93.2 Å². The van der Waals surface area contributed by atoms with Gasteiger partial charge in [-0.3, -0.25) is 19.3 Å². The number of hydrogen-bond acceptors (Lipinski definition) is 5. The largest absolute Gasteiger partial charge is 0.336 e. The number of aryl methyl sites for hydroxylation is 1. The molecule has 0 bridgehead atoms. The maximum Gasteiger partial charge on any atom is 0.274 e. The van der Waals surface area contributed by atoms with E-state index in [1.807, 2.05) is 16.7 Å². The molecule has 162 valence electrons. The van der Waals surface area contributed by atoms with E-state index in [0.717, 1.165) is 82.3 Å². The summed E-state index contributed by atoms with van der Waals surface area (Å²) in [5, 5.41) is 4.86. The van der Waals surface area contributed by atoms with Crippen LogP contribution in [0, 0.1) is 0 Å². The Morgan fingerprint density at radius 2 is 1.86 bits per heavy atom. The highest BCUT2D eigenvalue weighted by molar-refractivity contribution is 7.99. The van der Waals surface area contributed by atoms with Crippen molar-refractivity contribution in [3.8, 4) is 0 Å². The summed E-state index contributed by atoms with van der Waals surface area (Å²) in [6, 6.07) is 1.19. The Morgan fingerprint density at radius 1 is 1.14 bits per heavy atom. The molecule has 2 fully saturated rings. The van der Waals surface area contributed by atoms with Gasteiger partial charge in [-0.1, -0.05) is 6.92 Å². The molecule has 0 N–H and O–H groups in total. The highest BCUT2D eigenvalue weighted by Gasteiger charge is 2.34. The van der Waals surface area contributed by atoms with Gasteiger partial charge in [0.05, 0.1) is 0 Å². The normalized spacial score (nSPS) is 24.1. The van der Waals surface area contributed by atoms with Crippen LogP contribution in [0.3, 0.4) is 0 Å². The number of amides is 1. The van der Waals surface area contributed by atoms with Gasteiger partial charge in [0.1, 0.15) is 0 Å². The second-order valence-electron chi connectivity index (χ2n) is 8.96. The maximum absolute atomic E-state index is 13.3. The minimum absolute atomic E-state index is 0.168. The monoisotopic (exact) mass is 419 g/mol. The zero-order valence-electron chi connectivity index (χ0n) is 18.4. The number of thioether (sulfide) groups is 1. The Labute approximate surface area is 180 Å². The van der Waals surface area contributed by atoms with Crippen LogP contribution in [0.15, 0.2) is 0 Å². The fourth-order valence-corrected chi connectivity index (χ4v) is 5.99. The molecule has 3 aliphatic rings. The van der Waals surface area contributed by atoms with Gasteiger partial charge < -0.3 is 4.90 Å². The van der Waals surface area contributed by atoms with E-state index in [0.29, 0.717) is 12.1 Å². The van der Waals surface area contributed by atoms with Crippen LogP contribution in [0.2, 0.25) is 0 Å². The number of aromatic nitrogens is 2. The lowest BCUT2D eigenvalue weighted by Gasteiger charge is -2.42. The molecular formula is C22H37N5OS. The molecule has 7 heteroatoms. The van der Waals surface area contributed by atoms with Crippen LogP contribution in [-0.2, 0) is 19.4 Å². The molecule has 1 aromatic rings. The predicted octanol–water partition coefficient (Wildman–Crippen LogP) is 2.37. The van der Waals surface area contributed by atoms with Crippen LogP contribution in [0.5, 0.6) is 0 Å².